The first-order valence-electron chi connectivity index (χ1n) is 4.97. The topological polar surface area (TPSA) is 43.4 Å². The minimum atomic E-state index is -2.96. The lowest BCUT2D eigenvalue weighted by Crippen LogP contribution is -2.44. The molecule has 0 spiro atoms. The Morgan fingerprint density at radius 1 is 1.43 bits per heavy atom. The van der Waals surface area contributed by atoms with Crippen LogP contribution in [0.15, 0.2) is 12.3 Å². The summed E-state index contributed by atoms with van der Waals surface area (Å²) in [7, 11) is -2.96. The van der Waals surface area contributed by atoms with Crippen LogP contribution in [-0.2, 0) is 14.6 Å². The van der Waals surface area contributed by atoms with E-state index in [9.17, 15) is 8.42 Å². The van der Waals surface area contributed by atoms with Crippen molar-refractivity contribution in [3.63, 3.8) is 0 Å². The number of sulfone groups is 1. The van der Waals surface area contributed by atoms with E-state index < -0.39 is 14.6 Å². The molecule has 1 fully saturated rings. The minimum Gasteiger partial charge on any atom is -0.500 e. The van der Waals surface area contributed by atoms with Crippen molar-refractivity contribution in [2.45, 2.75) is 37.9 Å². The van der Waals surface area contributed by atoms with Crippen molar-refractivity contribution in [2.24, 2.45) is 0 Å². The van der Waals surface area contributed by atoms with E-state index in [-0.39, 0.29) is 6.61 Å². The minimum absolute atomic E-state index is 0.277. The van der Waals surface area contributed by atoms with Crippen LogP contribution in [0.5, 0.6) is 0 Å². The summed E-state index contributed by atoms with van der Waals surface area (Å²) in [4.78, 5) is 0. The fourth-order valence-electron chi connectivity index (χ4n) is 1.68. The molecule has 1 rings (SSSR count). The SMILES string of the molecule is C/C=C/OCC1(C)CCCCS1(=O)=O. The summed E-state index contributed by atoms with van der Waals surface area (Å²) >= 11 is 0. The van der Waals surface area contributed by atoms with Crippen LogP contribution in [0.25, 0.3) is 0 Å². The van der Waals surface area contributed by atoms with Gasteiger partial charge < -0.3 is 4.74 Å². The van der Waals surface area contributed by atoms with Gasteiger partial charge in [0.05, 0.1) is 12.0 Å². The molecule has 82 valence electrons. The number of allylic oxidation sites excluding steroid dienone is 1. The molecule has 14 heavy (non-hydrogen) atoms. The van der Waals surface area contributed by atoms with Crippen LogP contribution in [0.3, 0.4) is 0 Å². The Balaban J connectivity index is 2.69. The maximum absolute atomic E-state index is 11.8. The molecule has 1 saturated heterocycles. The Hall–Kier alpha value is -0.510. The summed E-state index contributed by atoms with van der Waals surface area (Å²) in [6.07, 6.45) is 5.80. The summed E-state index contributed by atoms with van der Waals surface area (Å²) in [5, 5.41) is 0. The highest BCUT2D eigenvalue weighted by Gasteiger charge is 2.41. The molecule has 0 aromatic carbocycles. The van der Waals surface area contributed by atoms with Crippen LogP contribution in [0, 0.1) is 0 Å². The molecular weight excluding hydrogens is 200 g/mol. The van der Waals surface area contributed by atoms with Crippen LogP contribution < -0.4 is 0 Å². The highest BCUT2D eigenvalue weighted by atomic mass is 32.2. The Morgan fingerprint density at radius 2 is 2.14 bits per heavy atom. The summed E-state index contributed by atoms with van der Waals surface area (Å²) in [5.41, 5.74) is 0. The number of hydrogen-bond acceptors (Lipinski definition) is 3. The van der Waals surface area contributed by atoms with Gasteiger partial charge in [-0.3, -0.25) is 0 Å². The number of hydrogen-bond donors (Lipinski definition) is 0. The molecular formula is C10H18O3S. The lowest BCUT2D eigenvalue weighted by molar-refractivity contribution is 0.203. The molecule has 1 atom stereocenters. The molecule has 1 aliphatic rings. The first kappa shape index (κ1) is 11.6. The normalized spacial score (nSPS) is 31.9. The van der Waals surface area contributed by atoms with E-state index in [4.69, 9.17) is 4.74 Å². The van der Waals surface area contributed by atoms with Crippen LogP contribution in [-0.4, -0.2) is 25.5 Å². The maximum Gasteiger partial charge on any atom is 0.159 e. The third-order valence-electron chi connectivity index (χ3n) is 2.74. The third kappa shape index (κ3) is 2.29. The van der Waals surface area contributed by atoms with Gasteiger partial charge in [-0.25, -0.2) is 8.42 Å². The predicted octanol–water partition coefficient (Wildman–Crippen LogP) is 1.89. The summed E-state index contributed by atoms with van der Waals surface area (Å²) in [6, 6.07) is 0. The van der Waals surface area contributed by atoms with Gasteiger partial charge in [0.2, 0.25) is 0 Å². The molecule has 1 heterocycles. The van der Waals surface area contributed by atoms with Gasteiger partial charge in [0.15, 0.2) is 9.84 Å². The molecule has 4 heteroatoms. The van der Waals surface area contributed by atoms with Gasteiger partial charge in [-0.1, -0.05) is 12.5 Å². The van der Waals surface area contributed by atoms with E-state index in [0.29, 0.717) is 12.2 Å². The maximum atomic E-state index is 11.8. The molecule has 3 nitrogen and oxygen atoms in total. The van der Waals surface area contributed by atoms with Crippen LogP contribution in [0.1, 0.15) is 33.1 Å². The zero-order valence-corrected chi connectivity index (χ0v) is 9.64. The van der Waals surface area contributed by atoms with Crippen molar-refractivity contribution in [3.8, 4) is 0 Å². The Kier molecular flexibility index (Phi) is 3.59. The van der Waals surface area contributed by atoms with E-state index in [1.54, 1.807) is 19.3 Å². The second-order valence-electron chi connectivity index (χ2n) is 4.01. The van der Waals surface area contributed by atoms with Gasteiger partial charge in [-0.05, 0) is 26.7 Å². The summed E-state index contributed by atoms with van der Waals surface area (Å²) < 4.78 is 28.1. The predicted molar refractivity (Wildman–Crippen MR) is 56.8 cm³/mol. The second kappa shape index (κ2) is 4.34. The zero-order chi connectivity index (χ0) is 10.7. The standard InChI is InChI=1S/C10H18O3S/c1-3-7-13-9-10(2)6-4-5-8-14(10,11)12/h3,7H,4-6,8-9H2,1-2H3/b7-3+. The molecule has 1 unspecified atom stereocenters. The quantitative estimate of drug-likeness (QED) is 0.679. The first-order valence-corrected chi connectivity index (χ1v) is 6.62. The van der Waals surface area contributed by atoms with Gasteiger partial charge >= 0.3 is 0 Å². The van der Waals surface area contributed by atoms with E-state index in [0.717, 1.165) is 12.8 Å². The molecule has 0 N–H and O–H groups in total. The van der Waals surface area contributed by atoms with Gasteiger partial charge in [0, 0.05) is 0 Å². The summed E-state index contributed by atoms with van der Waals surface area (Å²) in [5.74, 6) is 0.308. The number of rotatable bonds is 3. The van der Waals surface area contributed by atoms with Crippen molar-refractivity contribution in [3.05, 3.63) is 12.3 Å². The monoisotopic (exact) mass is 218 g/mol. The van der Waals surface area contributed by atoms with Gasteiger partial charge in [-0.15, -0.1) is 0 Å². The molecule has 0 bridgehead atoms. The average Bonchev–Trinajstić information content (AvgIpc) is 2.11. The smallest absolute Gasteiger partial charge is 0.159 e. The third-order valence-corrected chi connectivity index (χ3v) is 5.39. The van der Waals surface area contributed by atoms with Gasteiger partial charge in [0.25, 0.3) is 0 Å². The van der Waals surface area contributed by atoms with E-state index in [1.165, 1.54) is 0 Å². The zero-order valence-electron chi connectivity index (χ0n) is 8.82. The molecule has 0 aliphatic carbocycles. The molecule has 1 aliphatic heterocycles. The Morgan fingerprint density at radius 3 is 2.71 bits per heavy atom. The molecule has 0 aromatic rings. The lowest BCUT2D eigenvalue weighted by atomic mass is 10.0. The molecule has 0 amide bonds. The van der Waals surface area contributed by atoms with Crippen molar-refractivity contribution in [2.75, 3.05) is 12.4 Å². The largest absolute Gasteiger partial charge is 0.500 e. The van der Waals surface area contributed by atoms with Crippen LogP contribution >= 0.6 is 0 Å². The first-order chi connectivity index (χ1) is 6.52. The van der Waals surface area contributed by atoms with Crippen molar-refractivity contribution in [1.82, 2.24) is 0 Å². The highest BCUT2D eigenvalue weighted by molar-refractivity contribution is 7.92. The van der Waals surface area contributed by atoms with Crippen molar-refractivity contribution in [1.29, 1.82) is 0 Å². The molecule has 0 saturated carbocycles. The Bertz CT molecular complexity index is 305. The Labute approximate surface area is 86.1 Å². The fourth-order valence-corrected chi connectivity index (χ4v) is 3.46. The van der Waals surface area contributed by atoms with Crippen molar-refractivity contribution < 1.29 is 13.2 Å². The lowest BCUT2D eigenvalue weighted by Gasteiger charge is -2.32. The van der Waals surface area contributed by atoms with Gasteiger partial charge in [0.1, 0.15) is 11.4 Å². The van der Waals surface area contributed by atoms with Crippen molar-refractivity contribution >= 4 is 9.84 Å². The highest BCUT2D eigenvalue weighted by Crippen LogP contribution is 2.30. The van der Waals surface area contributed by atoms with E-state index in [2.05, 4.69) is 0 Å². The molecule has 0 radical (unpaired) electrons. The number of ether oxygens (including phenoxy) is 1. The molecule has 0 aromatic heterocycles. The average molecular weight is 218 g/mol. The second-order valence-corrected chi connectivity index (χ2v) is 6.63. The summed E-state index contributed by atoms with van der Waals surface area (Å²) in [6.45, 7) is 3.91. The van der Waals surface area contributed by atoms with Gasteiger partial charge in [-0.2, -0.15) is 0 Å². The fraction of sp³-hybridized carbons (Fsp3) is 0.800. The van der Waals surface area contributed by atoms with E-state index >= 15 is 0 Å². The van der Waals surface area contributed by atoms with Crippen LogP contribution in [0.4, 0.5) is 0 Å². The van der Waals surface area contributed by atoms with Crippen LogP contribution in [0.2, 0.25) is 0 Å². The van der Waals surface area contributed by atoms with E-state index in [1.807, 2.05) is 6.92 Å².